The third-order valence-corrected chi connectivity index (χ3v) is 6.64. The Morgan fingerprint density at radius 2 is 1.57 bits per heavy atom. The van der Waals surface area contributed by atoms with E-state index < -0.39 is 11.2 Å². The molecule has 0 bridgehead atoms. The molecule has 1 N–H and O–H groups in total. The number of ether oxygens (including phenoxy) is 1. The number of hydrogen-bond donors (Lipinski definition) is 1. The number of benzene rings is 3. The first-order chi connectivity index (χ1) is 16.9. The van der Waals surface area contributed by atoms with Crippen molar-refractivity contribution in [3.8, 4) is 0 Å². The highest BCUT2D eigenvalue weighted by Crippen LogP contribution is 2.34. The van der Waals surface area contributed by atoms with Gasteiger partial charge in [-0.1, -0.05) is 17.7 Å². The molecule has 0 aromatic heterocycles. The molecule has 1 unspecified atom stereocenters. The maximum absolute atomic E-state index is 13.0. The summed E-state index contributed by atoms with van der Waals surface area (Å²) in [6.07, 6.45) is 0.0784. The first-order valence-electron chi connectivity index (χ1n) is 11.1. The summed E-state index contributed by atoms with van der Waals surface area (Å²) in [6.45, 7) is 3.95. The molecule has 3 amide bonds. The van der Waals surface area contributed by atoms with Crippen LogP contribution in [0.15, 0.2) is 77.7 Å². The van der Waals surface area contributed by atoms with E-state index in [9.17, 15) is 19.2 Å². The number of carbonyl (C=O) groups excluding carboxylic acids is 4. The zero-order valence-electron chi connectivity index (χ0n) is 19.3. The van der Waals surface area contributed by atoms with E-state index in [1.807, 2.05) is 31.2 Å². The Labute approximate surface area is 207 Å². The molecule has 8 heteroatoms. The van der Waals surface area contributed by atoms with Gasteiger partial charge in [0.2, 0.25) is 11.8 Å². The van der Waals surface area contributed by atoms with Crippen LogP contribution in [0.25, 0.3) is 0 Å². The molecule has 1 heterocycles. The van der Waals surface area contributed by atoms with Gasteiger partial charge in [0.1, 0.15) is 0 Å². The molecular formula is C27H24N2O5S. The zero-order valence-corrected chi connectivity index (χ0v) is 20.1. The van der Waals surface area contributed by atoms with Crippen molar-refractivity contribution in [3.63, 3.8) is 0 Å². The number of thioether (sulfide) groups is 1. The van der Waals surface area contributed by atoms with Gasteiger partial charge >= 0.3 is 5.97 Å². The lowest BCUT2D eigenvalue weighted by atomic mass is 10.1. The van der Waals surface area contributed by atoms with Gasteiger partial charge in [-0.25, -0.2) is 9.69 Å². The lowest BCUT2D eigenvalue weighted by Gasteiger charge is -2.15. The van der Waals surface area contributed by atoms with E-state index in [0.29, 0.717) is 22.5 Å². The molecule has 7 nitrogen and oxygen atoms in total. The van der Waals surface area contributed by atoms with E-state index in [2.05, 4.69) is 5.32 Å². The van der Waals surface area contributed by atoms with Crippen LogP contribution >= 0.6 is 11.8 Å². The summed E-state index contributed by atoms with van der Waals surface area (Å²) in [5, 5.41) is 2.30. The smallest absolute Gasteiger partial charge is 0.338 e. The SMILES string of the molecule is CCOC(=O)c1ccc(N2C(=O)CC(Sc3ccc(NC(=O)c4ccc(C)cc4)cc3)C2=O)cc1. The molecule has 178 valence electrons. The Morgan fingerprint density at radius 1 is 0.943 bits per heavy atom. The molecule has 1 fully saturated rings. The van der Waals surface area contributed by atoms with Gasteiger partial charge in [-0.05, 0) is 74.5 Å². The maximum atomic E-state index is 13.0. The molecule has 0 saturated carbocycles. The van der Waals surface area contributed by atoms with Crippen LogP contribution in [0, 0.1) is 6.92 Å². The van der Waals surface area contributed by atoms with Gasteiger partial charge in [0.25, 0.3) is 5.91 Å². The van der Waals surface area contributed by atoms with Gasteiger partial charge in [-0.2, -0.15) is 0 Å². The molecule has 35 heavy (non-hydrogen) atoms. The fourth-order valence-electron chi connectivity index (χ4n) is 3.62. The topological polar surface area (TPSA) is 92.8 Å². The number of esters is 1. The standard InChI is InChI=1S/C27H24N2O5S/c1-3-34-27(33)19-8-12-21(13-9-19)29-24(30)16-23(26(29)32)35-22-14-10-20(11-15-22)28-25(31)18-6-4-17(2)5-7-18/h4-15,23H,3,16H2,1-2H3,(H,28,31). The molecule has 0 spiro atoms. The second-order valence-corrected chi connectivity index (χ2v) is 9.27. The minimum atomic E-state index is -0.555. The van der Waals surface area contributed by atoms with Crippen LogP contribution in [0.4, 0.5) is 11.4 Å². The molecule has 0 aliphatic carbocycles. The monoisotopic (exact) mass is 488 g/mol. The first kappa shape index (κ1) is 24.2. The van der Waals surface area contributed by atoms with Gasteiger partial charge in [0.15, 0.2) is 0 Å². The van der Waals surface area contributed by atoms with Crippen LogP contribution in [0.1, 0.15) is 39.6 Å². The fourth-order valence-corrected chi connectivity index (χ4v) is 4.67. The predicted molar refractivity (Wildman–Crippen MR) is 135 cm³/mol. The molecule has 1 saturated heterocycles. The maximum Gasteiger partial charge on any atom is 0.338 e. The van der Waals surface area contributed by atoms with Crippen molar-refractivity contribution < 1.29 is 23.9 Å². The predicted octanol–water partition coefficient (Wildman–Crippen LogP) is 4.85. The van der Waals surface area contributed by atoms with Crippen LogP contribution in [-0.4, -0.2) is 35.5 Å². The van der Waals surface area contributed by atoms with Crippen LogP contribution < -0.4 is 10.2 Å². The summed E-state index contributed by atoms with van der Waals surface area (Å²) in [5.41, 5.74) is 3.06. The average Bonchev–Trinajstić information content (AvgIpc) is 3.13. The number of hydrogen-bond acceptors (Lipinski definition) is 6. The van der Waals surface area contributed by atoms with Crippen molar-refractivity contribution in [2.75, 3.05) is 16.8 Å². The van der Waals surface area contributed by atoms with Crippen LogP contribution in [0.2, 0.25) is 0 Å². The number of nitrogens with one attached hydrogen (secondary N) is 1. The van der Waals surface area contributed by atoms with E-state index in [-0.39, 0.29) is 30.7 Å². The van der Waals surface area contributed by atoms with Gasteiger partial charge in [0, 0.05) is 22.6 Å². The van der Waals surface area contributed by atoms with E-state index in [0.717, 1.165) is 15.4 Å². The Hall–Kier alpha value is -3.91. The number of nitrogens with zero attached hydrogens (tertiary/aromatic N) is 1. The minimum absolute atomic E-state index is 0.0784. The molecule has 3 aromatic carbocycles. The van der Waals surface area contributed by atoms with Gasteiger partial charge in [-0.15, -0.1) is 11.8 Å². The van der Waals surface area contributed by atoms with Gasteiger partial charge < -0.3 is 10.1 Å². The number of carbonyl (C=O) groups is 4. The molecule has 1 aliphatic rings. The van der Waals surface area contributed by atoms with Crippen molar-refractivity contribution in [1.29, 1.82) is 0 Å². The highest BCUT2D eigenvalue weighted by Gasteiger charge is 2.40. The van der Waals surface area contributed by atoms with Crippen molar-refractivity contribution in [2.45, 2.75) is 30.4 Å². The van der Waals surface area contributed by atoms with Crippen molar-refractivity contribution >= 4 is 46.8 Å². The van der Waals surface area contributed by atoms with Crippen molar-refractivity contribution in [3.05, 3.63) is 89.5 Å². The van der Waals surface area contributed by atoms with E-state index in [1.54, 1.807) is 43.3 Å². The van der Waals surface area contributed by atoms with Crippen LogP contribution in [0.5, 0.6) is 0 Å². The number of rotatable bonds is 7. The molecular weight excluding hydrogens is 464 g/mol. The molecule has 3 aromatic rings. The Morgan fingerprint density at radius 3 is 2.20 bits per heavy atom. The lowest BCUT2D eigenvalue weighted by Crippen LogP contribution is -2.31. The molecule has 1 atom stereocenters. The third-order valence-electron chi connectivity index (χ3n) is 5.45. The third kappa shape index (κ3) is 5.60. The highest BCUT2D eigenvalue weighted by molar-refractivity contribution is 8.00. The molecule has 0 radical (unpaired) electrons. The number of imide groups is 1. The fraction of sp³-hybridized carbons (Fsp3) is 0.185. The summed E-state index contributed by atoms with van der Waals surface area (Å²) in [6, 6.07) is 20.7. The quantitative estimate of drug-likeness (QED) is 0.378. The summed E-state index contributed by atoms with van der Waals surface area (Å²) in [5.74, 6) is -1.25. The second kappa shape index (κ2) is 10.6. The van der Waals surface area contributed by atoms with Crippen LogP contribution in [0.3, 0.4) is 0 Å². The number of anilines is 2. The van der Waals surface area contributed by atoms with Gasteiger partial charge in [-0.3, -0.25) is 14.4 Å². The lowest BCUT2D eigenvalue weighted by molar-refractivity contribution is -0.121. The van der Waals surface area contributed by atoms with E-state index >= 15 is 0 Å². The van der Waals surface area contributed by atoms with E-state index in [4.69, 9.17) is 4.74 Å². The van der Waals surface area contributed by atoms with Crippen LogP contribution in [-0.2, 0) is 14.3 Å². The molecule has 4 rings (SSSR count). The number of aryl methyl sites for hydroxylation is 1. The van der Waals surface area contributed by atoms with Gasteiger partial charge in [0.05, 0.1) is 23.1 Å². The van der Waals surface area contributed by atoms with Crippen molar-refractivity contribution in [1.82, 2.24) is 0 Å². The Bertz CT molecular complexity index is 1250. The number of amides is 3. The summed E-state index contributed by atoms with van der Waals surface area (Å²) in [4.78, 5) is 51.8. The summed E-state index contributed by atoms with van der Waals surface area (Å²) < 4.78 is 4.96. The highest BCUT2D eigenvalue weighted by atomic mass is 32.2. The van der Waals surface area contributed by atoms with E-state index in [1.165, 1.54) is 23.9 Å². The first-order valence-corrected chi connectivity index (χ1v) is 12.0. The largest absolute Gasteiger partial charge is 0.462 e. The summed E-state index contributed by atoms with van der Waals surface area (Å²) in [7, 11) is 0. The minimum Gasteiger partial charge on any atom is -0.462 e. The summed E-state index contributed by atoms with van der Waals surface area (Å²) >= 11 is 1.30. The normalized spacial score (nSPS) is 15.3. The molecule has 1 aliphatic heterocycles. The average molecular weight is 489 g/mol. The zero-order chi connectivity index (χ0) is 24.9. The van der Waals surface area contributed by atoms with Crippen molar-refractivity contribution in [2.24, 2.45) is 0 Å². The Balaban J connectivity index is 1.38. The Kier molecular flexibility index (Phi) is 7.31. The second-order valence-electron chi connectivity index (χ2n) is 7.99.